The molecule has 0 saturated heterocycles. The van der Waals surface area contributed by atoms with Crippen molar-refractivity contribution in [1.82, 2.24) is 0 Å². The van der Waals surface area contributed by atoms with Crippen molar-refractivity contribution in [2.75, 3.05) is 0 Å². The molecule has 0 aliphatic rings. The third-order valence-electron chi connectivity index (χ3n) is 2.04. The maximum absolute atomic E-state index is 12.7. The van der Waals surface area contributed by atoms with Gasteiger partial charge in [-0.25, -0.2) is 4.79 Å². The Morgan fingerprint density at radius 3 is 2.09 bits per heavy atom. The number of ether oxygens (including phenoxy) is 1. The summed E-state index contributed by atoms with van der Waals surface area (Å²) in [5.74, 6) is -1.29. The number of hydrogen-bond donors (Lipinski definition) is 0. The number of carbonyl (C=O) groups excluding carboxylic acids is 1. The van der Waals surface area contributed by atoms with Crippen molar-refractivity contribution in [2.24, 2.45) is 0 Å². The lowest BCUT2D eigenvalue weighted by Gasteiger charge is -2.20. The number of halogens is 4. The number of hydrogen-bond acceptors (Lipinski definition) is 3. The molecule has 22 heavy (non-hydrogen) atoms. The third-order valence-corrected chi connectivity index (χ3v) is 2.19. The van der Waals surface area contributed by atoms with E-state index in [2.05, 4.69) is 17.9 Å². The van der Waals surface area contributed by atoms with Crippen LogP contribution in [0, 0.1) is 11.3 Å². The molecule has 1 aromatic rings. The number of esters is 1. The van der Waals surface area contributed by atoms with E-state index in [0.29, 0.717) is 5.57 Å². The summed E-state index contributed by atoms with van der Waals surface area (Å²) in [6, 6.07) is 8.64. The SMILES string of the molecule is C=C(C)C#N.C=C(Cl)C(=O)OC(c1ccccc1)C(F)(F)F. The largest absolute Gasteiger partial charge is 0.443 e. The molecule has 3 nitrogen and oxygen atoms in total. The Morgan fingerprint density at radius 1 is 1.32 bits per heavy atom. The van der Waals surface area contributed by atoms with Gasteiger partial charge in [0, 0.05) is 11.1 Å². The smallest absolute Gasteiger partial charge is 0.429 e. The van der Waals surface area contributed by atoms with Crippen LogP contribution >= 0.6 is 11.6 Å². The monoisotopic (exact) mass is 331 g/mol. The van der Waals surface area contributed by atoms with Crippen molar-refractivity contribution in [3.05, 3.63) is 59.7 Å². The minimum atomic E-state index is -4.71. The van der Waals surface area contributed by atoms with Gasteiger partial charge in [0.1, 0.15) is 5.03 Å². The van der Waals surface area contributed by atoms with Crippen molar-refractivity contribution >= 4 is 17.6 Å². The molecule has 0 aliphatic carbocycles. The fourth-order valence-corrected chi connectivity index (χ4v) is 1.17. The Hall–Kier alpha value is -2.26. The highest BCUT2D eigenvalue weighted by atomic mass is 35.5. The molecular weight excluding hydrogens is 319 g/mol. The van der Waals surface area contributed by atoms with E-state index in [1.165, 1.54) is 24.3 Å². The Kier molecular flexibility index (Phi) is 7.99. The zero-order valence-corrected chi connectivity index (χ0v) is 12.4. The molecule has 118 valence electrons. The van der Waals surface area contributed by atoms with Crippen LogP contribution in [-0.4, -0.2) is 12.1 Å². The summed E-state index contributed by atoms with van der Waals surface area (Å²) in [5, 5.41) is 7.19. The molecule has 0 N–H and O–H groups in total. The normalized spacial score (nSPS) is 11.3. The van der Waals surface area contributed by atoms with Gasteiger partial charge in [-0.1, -0.05) is 55.1 Å². The van der Waals surface area contributed by atoms with Crippen molar-refractivity contribution < 1.29 is 22.7 Å². The molecule has 0 saturated carbocycles. The molecule has 0 radical (unpaired) electrons. The lowest BCUT2D eigenvalue weighted by Crippen LogP contribution is -2.26. The summed E-state index contributed by atoms with van der Waals surface area (Å²) >= 11 is 5.17. The highest BCUT2D eigenvalue weighted by molar-refractivity contribution is 6.40. The van der Waals surface area contributed by atoms with Gasteiger partial charge in [-0.15, -0.1) is 0 Å². The number of alkyl halides is 3. The maximum Gasteiger partial charge on any atom is 0.429 e. The van der Waals surface area contributed by atoms with Crippen molar-refractivity contribution in [2.45, 2.75) is 19.2 Å². The maximum atomic E-state index is 12.7. The molecule has 0 bridgehead atoms. The Bertz CT molecular complexity index is 577. The van der Waals surface area contributed by atoms with E-state index in [1.54, 1.807) is 13.0 Å². The van der Waals surface area contributed by atoms with E-state index < -0.39 is 23.3 Å². The molecule has 1 atom stereocenters. The van der Waals surface area contributed by atoms with Crippen LogP contribution in [0.25, 0.3) is 0 Å². The zero-order valence-electron chi connectivity index (χ0n) is 11.7. The van der Waals surface area contributed by atoms with Gasteiger partial charge in [-0.05, 0) is 6.92 Å². The average molecular weight is 332 g/mol. The number of nitrogens with zero attached hydrogens (tertiary/aromatic N) is 1. The van der Waals surface area contributed by atoms with E-state index >= 15 is 0 Å². The second kappa shape index (κ2) is 8.90. The topological polar surface area (TPSA) is 50.1 Å². The van der Waals surface area contributed by atoms with Gasteiger partial charge < -0.3 is 4.74 Å². The molecule has 1 unspecified atom stereocenters. The van der Waals surface area contributed by atoms with Gasteiger partial charge in [-0.3, -0.25) is 0 Å². The highest BCUT2D eigenvalue weighted by Crippen LogP contribution is 2.36. The Morgan fingerprint density at radius 2 is 1.77 bits per heavy atom. The van der Waals surface area contributed by atoms with Crippen molar-refractivity contribution in [1.29, 1.82) is 5.26 Å². The molecule has 0 aliphatic heterocycles. The predicted molar refractivity (Wildman–Crippen MR) is 76.8 cm³/mol. The van der Waals surface area contributed by atoms with Gasteiger partial charge >= 0.3 is 12.1 Å². The zero-order chi connectivity index (χ0) is 17.3. The number of allylic oxidation sites excluding steroid dienone is 1. The van der Waals surface area contributed by atoms with E-state index in [1.807, 2.05) is 6.07 Å². The molecule has 0 amide bonds. The molecule has 1 rings (SSSR count). The predicted octanol–water partition coefficient (Wildman–Crippen LogP) is 4.67. The molecule has 0 heterocycles. The molecular formula is C15H13ClF3NO2. The lowest BCUT2D eigenvalue weighted by atomic mass is 10.1. The van der Waals surface area contributed by atoms with E-state index in [0.717, 1.165) is 0 Å². The fraction of sp³-hybridized carbons (Fsp3) is 0.200. The average Bonchev–Trinajstić information content (AvgIpc) is 2.44. The first kappa shape index (κ1) is 19.7. The van der Waals surface area contributed by atoms with Crippen LogP contribution in [0.1, 0.15) is 18.6 Å². The lowest BCUT2D eigenvalue weighted by molar-refractivity contribution is -0.221. The Labute approximate surface area is 131 Å². The van der Waals surface area contributed by atoms with Crippen LogP contribution in [-0.2, 0) is 9.53 Å². The van der Waals surface area contributed by atoms with Crippen molar-refractivity contribution in [3.63, 3.8) is 0 Å². The molecule has 7 heteroatoms. The van der Waals surface area contributed by atoms with Gasteiger partial charge in [0.15, 0.2) is 0 Å². The number of nitriles is 1. The number of benzene rings is 1. The van der Waals surface area contributed by atoms with Crippen LogP contribution in [0.2, 0.25) is 0 Å². The first-order chi connectivity index (χ1) is 10.1. The minimum absolute atomic E-state index is 0.175. The minimum Gasteiger partial charge on any atom is -0.443 e. The van der Waals surface area contributed by atoms with Crippen LogP contribution < -0.4 is 0 Å². The second-order valence-corrected chi connectivity index (χ2v) is 4.49. The summed E-state index contributed by atoms with van der Waals surface area (Å²) in [6.45, 7) is 7.99. The summed E-state index contributed by atoms with van der Waals surface area (Å²) in [5.41, 5.74) is 0.385. The van der Waals surface area contributed by atoms with Gasteiger partial charge in [0.25, 0.3) is 0 Å². The molecule has 1 aromatic carbocycles. The van der Waals surface area contributed by atoms with Crippen LogP contribution in [0.5, 0.6) is 0 Å². The van der Waals surface area contributed by atoms with E-state index in [9.17, 15) is 18.0 Å². The summed E-state index contributed by atoms with van der Waals surface area (Å²) in [6.07, 6.45) is -7.05. The molecule has 0 spiro atoms. The van der Waals surface area contributed by atoms with Gasteiger partial charge in [0.05, 0.1) is 6.07 Å². The fourth-order valence-electron chi connectivity index (χ4n) is 1.12. The Balaban J connectivity index is 0.000000763. The van der Waals surface area contributed by atoms with Crippen LogP contribution in [0.15, 0.2) is 54.1 Å². The summed E-state index contributed by atoms with van der Waals surface area (Å²) in [7, 11) is 0. The van der Waals surface area contributed by atoms with E-state index in [-0.39, 0.29) is 5.56 Å². The third kappa shape index (κ3) is 7.50. The van der Waals surface area contributed by atoms with Gasteiger partial charge in [0.2, 0.25) is 6.10 Å². The quantitative estimate of drug-likeness (QED) is 0.459. The first-order valence-corrected chi connectivity index (χ1v) is 6.20. The number of carbonyl (C=O) groups is 1. The molecule has 0 aromatic heterocycles. The van der Waals surface area contributed by atoms with Crippen LogP contribution in [0.4, 0.5) is 13.2 Å². The second-order valence-electron chi connectivity index (χ2n) is 4.03. The number of rotatable bonds is 3. The first-order valence-electron chi connectivity index (χ1n) is 5.82. The van der Waals surface area contributed by atoms with Gasteiger partial charge in [-0.2, -0.15) is 18.4 Å². The van der Waals surface area contributed by atoms with E-state index in [4.69, 9.17) is 16.9 Å². The summed E-state index contributed by atoms with van der Waals surface area (Å²) < 4.78 is 42.3. The van der Waals surface area contributed by atoms with Crippen molar-refractivity contribution in [3.8, 4) is 6.07 Å². The molecule has 0 fully saturated rings. The highest BCUT2D eigenvalue weighted by Gasteiger charge is 2.44. The standard InChI is InChI=1S/C11H8ClF3O2.C4H5N/c1-7(12)10(16)17-9(11(13,14)15)8-5-3-2-4-6-8;1-4(2)3-5/h2-6,9H,1H2;1H2,2H3. The van der Waals surface area contributed by atoms with Crippen LogP contribution in [0.3, 0.4) is 0 Å². The summed E-state index contributed by atoms with van der Waals surface area (Å²) in [4.78, 5) is 11.0.